The van der Waals surface area contributed by atoms with E-state index < -0.39 is 0 Å². The molecule has 0 amide bonds. The van der Waals surface area contributed by atoms with Crippen molar-refractivity contribution in [1.29, 1.82) is 0 Å². The fraction of sp³-hybridized carbons (Fsp3) is 0.0500. The van der Waals surface area contributed by atoms with Crippen LogP contribution in [0.4, 0.5) is 17.1 Å². The number of aryl methyl sites for hydroxylation is 1. The molecule has 0 spiro atoms. The van der Waals surface area contributed by atoms with Crippen LogP contribution in [0.5, 0.6) is 0 Å². The molecular formula is C20H17NO. The molecule has 0 N–H and O–H groups in total. The Morgan fingerprint density at radius 3 is 1.82 bits per heavy atom. The topological polar surface area (TPSA) is 20.3 Å². The lowest BCUT2D eigenvalue weighted by Gasteiger charge is -2.26. The highest BCUT2D eigenvalue weighted by Gasteiger charge is 2.15. The Balaban J connectivity index is 2.23. The number of anilines is 3. The molecule has 0 aromatic heterocycles. The van der Waals surface area contributed by atoms with E-state index in [-0.39, 0.29) is 0 Å². The van der Waals surface area contributed by atoms with E-state index in [0.29, 0.717) is 5.56 Å². The van der Waals surface area contributed by atoms with Gasteiger partial charge >= 0.3 is 0 Å². The molecule has 0 aliphatic heterocycles. The van der Waals surface area contributed by atoms with Gasteiger partial charge in [0.1, 0.15) is 0 Å². The third-order valence-electron chi connectivity index (χ3n) is 3.58. The zero-order valence-corrected chi connectivity index (χ0v) is 12.4. The molecule has 22 heavy (non-hydrogen) atoms. The summed E-state index contributed by atoms with van der Waals surface area (Å²) in [6, 6.07) is 26.0. The number of carbonyl (C=O) groups is 1. The van der Waals surface area contributed by atoms with Crippen molar-refractivity contribution in [3.05, 3.63) is 90.0 Å². The van der Waals surface area contributed by atoms with Gasteiger partial charge in [0.2, 0.25) is 0 Å². The number of carbonyl (C=O) groups excluding carboxylic acids is 1. The van der Waals surface area contributed by atoms with Gasteiger partial charge in [-0.05, 0) is 48.9 Å². The number of nitrogens with zero attached hydrogens (tertiary/aromatic N) is 1. The predicted molar refractivity (Wildman–Crippen MR) is 91.2 cm³/mol. The summed E-state index contributed by atoms with van der Waals surface area (Å²) in [5.41, 5.74) is 4.76. The molecule has 0 fully saturated rings. The zero-order chi connectivity index (χ0) is 15.4. The predicted octanol–water partition coefficient (Wildman–Crippen LogP) is 5.28. The SMILES string of the molecule is Cc1ccc(C=O)c(N(c2ccccc2)c2ccccc2)c1. The van der Waals surface area contributed by atoms with Crippen LogP contribution in [-0.2, 0) is 0 Å². The lowest BCUT2D eigenvalue weighted by Crippen LogP contribution is -2.12. The maximum absolute atomic E-state index is 11.5. The third-order valence-corrected chi connectivity index (χ3v) is 3.58. The molecule has 0 aliphatic rings. The second-order valence-corrected chi connectivity index (χ2v) is 5.19. The van der Waals surface area contributed by atoms with E-state index in [1.807, 2.05) is 85.8 Å². The van der Waals surface area contributed by atoms with E-state index in [9.17, 15) is 4.79 Å². The number of benzene rings is 3. The Kier molecular flexibility index (Phi) is 4.01. The van der Waals surface area contributed by atoms with Gasteiger partial charge in [0.05, 0.1) is 5.69 Å². The number of hydrogen-bond donors (Lipinski definition) is 0. The highest BCUT2D eigenvalue weighted by atomic mass is 16.1. The summed E-state index contributed by atoms with van der Waals surface area (Å²) in [4.78, 5) is 13.6. The molecule has 3 aromatic rings. The van der Waals surface area contributed by atoms with Gasteiger partial charge in [-0.1, -0.05) is 42.5 Å². The summed E-state index contributed by atoms with van der Waals surface area (Å²) in [6.07, 6.45) is 0.910. The molecule has 0 saturated heterocycles. The minimum absolute atomic E-state index is 0.679. The minimum Gasteiger partial charge on any atom is -0.310 e. The molecule has 0 bridgehead atoms. The molecule has 0 heterocycles. The fourth-order valence-electron chi connectivity index (χ4n) is 2.53. The van der Waals surface area contributed by atoms with E-state index in [1.165, 1.54) is 0 Å². The average molecular weight is 287 g/mol. The Morgan fingerprint density at radius 2 is 1.32 bits per heavy atom. The van der Waals surface area contributed by atoms with Crippen LogP contribution in [0, 0.1) is 6.92 Å². The number of aldehydes is 1. The summed E-state index contributed by atoms with van der Waals surface area (Å²) < 4.78 is 0. The summed E-state index contributed by atoms with van der Waals surface area (Å²) in [6.45, 7) is 2.03. The van der Waals surface area contributed by atoms with Crippen molar-refractivity contribution >= 4 is 23.3 Å². The molecule has 2 nitrogen and oxygen atoms in total. The third kappa shape index (κ3) is 2.77. The first-order chi connectivity index (χ1) is 10.8. The Bertz CT molecular complexity index is 727. The Labute approximate surface area is 130 Å². The summed E-state index contributed by atoms with van der Waals surface area (Å²) in [5.74, 6) is 0. The normalized spacial score (nSPS) is 10.2. The van der Waals surface area contributed by atoms with E-state index in [1.54, 1.807) is 0 Å². The lowest BCUT2D eigenvalue weighted by molar-refractivity contribution is 0.112. The standard InChI is InChI=1S/C20H17NO/c1-16-12-13-17(15-22)20(14-16)21(18-8-4-2-5-9-18)19-10-6-3-7-11-19/h2-15H,1H3. The molecule has 3 aromatic carbocycles. The van der Waals surface area contributed by atoms with Crippen LogP contribution in [0.1, 0.15) is 15.9 Å². The Hall–Kier alpha value is -2.87. The first-order valence-electron chi connectivity index (χ1n) is 7.25. The van der Waals surface area contributed by atoms with Gasteiger partial charge in [-0.3, -0.25) is 4.79 Å². The molecule has 0 unspecified atom stereocenters. The largest absolute Gasteiger partial charge is 0.310 e. The van der Waals surface area contributed by atoms with Gasteiger partial charge < -0.3 is 4.90 Å². The van der Waals surface area contributed by atoms with Crippen molar-refractivity contribution in [2.75, 3.05) is 4.90 Å². The number of rotatable bonds is 4. The lowest BCUT2D eigenvalue weighted by atomic mass is 10.1. The van der Waals surface area contributed by atoms with Crippen LogP contribution < -0.4 is 4.90 Å². The number of hydrogen-bond acceptors (Lipinski definition) is 2. The van der Waals surface area contributed by atoms with E-state index in [2.05, 4.69) is 4.90 Å². The molecule has 3 rings (SSSR count). The summed E-state index contributed by atoms with van der Waals surface area (Å²) in [7, 11) is 0. The maximum atomic E-state index is 11.5. The van der Waals surface area contributed by atoms with Gasteiger partial charge in [-0.2, -0.15) is 0 Å². The monoisotopic (exact) mass is 287 g/mol. The van der Waals surface area contributed by atoms with Crippen molar-refractivity contribution < 1.29 is 4.79 Å². The van der Waals surface area contributed by atoms with Gasteiger partial charge in [0.25, 0.3) is 0 Å². The molecule has 108 valence electrons. The van der Waals surface area contributed by atoms with Crippen LogP contribution in [0.25, 0.3) is 0 Å². The van der Waals surface area contributed by atoms with Crippen molar-refractivity contribution in [3.8, 4) is 0 Å². The van der Waals surface area contributed by atoms with Crippen LogP contribution in [-0.4, -0.2) is 6.29 Å². The Morgan fingerprint density at radius 1 is 0.773 bits per heavy atom. The van der Waals surface area contributed by atoms with Crippen molar-refractivity contribution in [2.45, 2.75) is 6.92 Å². The smallest absolute Gasteiger partial charge is 0.152 e. The second kappa shape index (κ2) is 6.27. The number of para-hydroxylation sites is 2. The van der Waals surface area contributed by atoms with Gasteiger partial charge in [-0.15, -0.1) is 0 Å². The van der Waals surface area contributed by atoms with Gasteiger partial charge in [-0.25, -0.2) is 0 Å². The highest BCUT2D eigenvalue weighted by Crippen LogP contribution is 2.36. The summed E-state index contributed by atoms with van der Waals surface area (Å²) >= 11 is 0. The summed E-state index contributed by atoms with van der Waals surface area (Å²) in [5, 5.41) is 0. The quantitative estimate of drug-likeness (QED) is 0.609. The van der Waals surface area contributed by atoms with Crippen LogP contribution in [0.15, 0.2) is 78.9 Å². The van der Waals surface area contributed by atoms with Gasteiger partial charge in [0, 0.05) is 16.9 Å². The van der Waals surface area contributed by atoms with E-state index in [4.69, 9.17) is 0 Å². The van der Waals surface area contributed by atoms with Crippen LogP contribution in [0.2, 0.25) is 0 Å². The van der Waals surface area contributed by atoms with Crippen molar-refractivity contribution in [2.24, 2.45) is 0 Å². The molecule has 0 atom stereocenters. The average Bonchev–Trinajstić information content (AvgIpc) is 2.57. The van der Waals surface area contributed by atoms with E-state index in [0.717, 1.165) is 28.9 Å². The molecule has 0 saturated carbocycles. The molecule has 0 aliphatic carbocycles. The van der Waals surface area contributed by atoms with Gasteiger partial charge in [0.15, 0.2) is 6.29 Å². The first-order valence-corrected chi connectivity index (χ1v) is 7.25. The first kappa shape index (κ1) is 14.1. The highest BCUT2D eigenvalue weighted by molar-refractivity contribution is 5.90. The molecule has 0 radical (unpaired) electrons. The fourth-order valence-corrected chi connectivity index (χ4v) is 2.53. The molecular weight excluding hydrogens is 270 g/mol. The van der Waals surface area contributed by atoms with Crippen LogP contribution >= 0.6 is 0 Å². The maximum Gasteiger partial charge on any atom is 0.152 e. The van der Waals surface area contributed by atoms with Crippen molar-refractivity contribution in [3.63, 3.8) is 0 Å². The van der Waals surface area contributed by atoms with Crippen molar-refractivity contribution in [1.82, 2.24) is 0 Å². The van der Waals surface area contributed by atoms with Crippen LogP contribution in [0.3, 0.4) is 0 Å². The van der Waals surface area contributed by atoms with E-state index >= 15 is 0 Å². The molecule has 2 heteroatoms. The second-order valence-electron chi connectivity index (χ2n) is 5.19. The zero-order valence-electron chi connectivity index (χ0n) is 12.4. The minimum atomic E-state index is 0.679.